The van der Waals surface area contributed by atoms with Crippen LogP contribution in [-0.2, 0) is 0 Å². The fourth-order valence-electron chi connectivity index (χ4n) is 1.90. The van der Waals surface area contributed by atoms with Crippen molar-refractivity contribution in [3.63, 3.8) is 0 Å². The molecule has 0 aromatic rings. The standard InChI is InChI=1S/C11H26N2/c1-5-6-10(4)8-11(13-12)7-9(2)3/h9-11,13H,5-8,12H2,1-4H3. The van der Waals surface area contributed by atoms with Crippen LogP contribution in [0.15, 0.2) is 0 Å². The fourth-order valence-corrected chi connectivity index (χ4v) is 1.90. The summed E-state index contributed by atoms with van der Waals surface area (Å²) in [5.74, 6) is 7.04. The maximum Gasteiger partial charge on any atom is 0.0215 e. The molecule has 0 fully saturated rings. The number of hydrazine groups is 1. The molecule has 0 aliphatic carbocycles. The number of hydrogen-bond acceptors (Lipinski definition) is 2. The maximum absolute atomic E-state index is 5.52. The van der Waals surface area contributed by atoms with Crippen molar-refractivity contribution in [3.8, 4) is 0 Å². The third-order valence-corrected chi connectivity index (χ3v) is 2.46. The normalized spacial score (nSPS) is 16.2. The Morgan fingerprint density at radius 1 is 1.15 bits per heavy atom. The lowest BCUT2D eigenvalue weighted by Gasteiger charge is -2.21. The Kier molecular flexibility index (Phi) is 7.29. The molecule has 0 amide bonds. The van der Waals surface area contributed by atoms with Crippen LogP contribution < -0.4 is 11.3 Å². The largest absolute Gasteiger partial charge is 0.271 e. The SMILES string of the molecule is CCCC(C)CC(CC(C)C)NN. The van der Waals surface area contributed by atoms with Crippen LogP contribution in [-0.4, -0.2) is 6.04 Å². The van der Waals surface area contributed by atoms with Crippen molar-refractivity contribution in [2.75, 3.05) is 0 Å². The van der Waals surface area contributed by atoms with Gasteiger partial charge < -0.3 is 0 Å². The highest BCUT2D eigenvalue weighted by molar-refractivity contribution is 4.68. The van der Waals surface area contributed by atoms with E-state index >= 15 is 0 Å². The highest BCUT2D eigenvalue weighted by Gasteiger charge is 2.12. The molecule has 0 saturated heterocycles. The number of nitrogens with two attached hydrogens (primary N) is 1. The topological polar surface area (TPSA) is 38.0 Å². The van der Waals surface area contributed by atoms with E-state index in [1.54, 1.807) is 0 Å². The van der Waals surface area contributed by atoms with Crippen LogP contribution in [0.1, 0.15) is 53.4 Å². The van der Waals surface area contributed by atoms with Gasteiger partial charge in [0.25, 0.3) is 0 Å². The van der Waals surface area contributed by atoms with Crippen LogP contribution >= 0.6 is 0 Å². The molecule has 0 aromatic heterocycles. The van der Waals surface area contributed by atoms with Gasteiger partial charge in [-0.1, -0.05) is 40.5 Å². The predicted octanol–water partition coefficient (Wildman–Crippen LogP) is 2.69. The average Bonchev–Trinajstić information content (AvgIpc) is 2.02. The van der Waals surface area contributed by atoms with Crippen LogP contribution in [0, 0.1) is 11.8 Å². The van der Waals surface area contributed by atoms with E-state index in [1.807, 2.05) is 0 Å². The van der Waals surface area contributed by atoms with E-state index in [-0.39, 0.29) is 0 Å². The molecule has 0 spiro atoms. The van der Waals surface area contributed by atoms with Gasteiger partial charge in [-0.25, -0.2) is 0 Å². The average molecular weight is 186 g/mol. The molecular formula is C11H26N2. The molecule has 2 nitrogen and oxygen atoms in total. The minimum Gasteiger partial charge on any atom is -0.271 e. The summed E-state index contributed by atoms with van der Waals surface area (Å²) in [6.45, 7) is 9.04. The lowest BCUT2D eigenvalue weighted by molar-refractivity contribution is 0.342. The molecule has 0 saturated carbocycles. The summed E-state index contributed by atoms with van der Waals surface area (Å²) in [4.78, 5) is 0. The minimum atomic E-state index is 0.501. The van der Waals surface area contributed by atoms with Crippen molar-refractivity contribution in [2.24, 2.45) is 17.7 Å². The zero-order valence-corrected chi connectivity index (χ0v) is 9.64. The third kappa shape index (κ3) is 7.03. The Balaban J connectivity index is 3.69. The van der Waals surface area contributed by atoms with Crippen molar-refractivity contribution < 1.29 is 0 Å². The van der Waals surface area contributed by atoms with Crippen molar-refractivity contribution >= 4 is 0 Å². The van der Waals surface area contributed by atoms with Gasteiger partial charge in [0, 0.05) is 6.04 Å². The van der Waals surface area contributed by atoms with E-state index in [0.717, 1.165) is 11.8 Å². The van der Waals surface area contributed by atoms with Gasteiger partial charge in [-0.15, -0.1) is 0 Å². The van der Waals surface area contributed by atoms with Gasteiger partial charge in [-0.2, -0.15) is 0 Å². The van der Waals surface area contributed by atoms with Crippen molar-refractivity contribution in [1.82, 2.24) is 5.43 Å². The molecule has 0 radical (unpaired) electrons. The first kappa shape index (κ1) is 12.9. The molecule has 0 rings (SSSR count). The van der Waals surface area contributed by atoms with Crippen LogP contribution in [0.2, 0.25) is 0 Å². The van der Waals surface area contributed by atoms with Crippen LogP contribution in [0.5, 0.6) is 0 Å². The minimum absolute atomic E-state index is 0.501. The second-order valence-corrected chi connectivity index (χ2v) is 4.62. The summed E-state index contributed by atoms with van der Waals surface area (Å²) in [6, 6.07) is 0.501. The fraction of sp³-hybridized carbons (Fsp3) is 1.00. The molecule has 0 aliphatic heterocycles. The van der Waals surface area contributed by atoms with Crippen molar-refractivity contribution in [2.45, 2.75) is 59.4 Å². The van der Waals surface area contributed by atoms with E-state index in [4.69, 9.17) is 5.84 Å². The number of hydrogen-bond donors (Lipinski definition) is 2. The Bertz CT molecular complexity index is 113. The van der Waals surface area contributed by atoms with E-state index < -0.39 is 0 Å². The molecule has 0 heterocycles. The van der Waals surface area contributed by atoms with E-state index in [0.29, 0.717) is 6.04 Å². The maximum atomic E-state index is 5.52. The molecule has 2 atom stereocenters. The predicted molar refractivity (Wildman–Crippen MR) is 59.3 cm³/mol. The smallest absolute Gasteiger partial charge is 0.0215 e. The van der Waals surface area contributed by atoms with Crippen LogP contribution in [0.4, 0.5) is 0 Å². The van der Waals surface area contributed by atoms with Gasteiger partial charge in [0.1, 0.15) is 0 Å². The van der Waals surface area contributed by atoms with Gasteiger partial charge in [0.2, 0.25) is 0 Å². The first-order valence-corrected chi connectivity index (χ1v) is 5.56. The van der Waals surface area contributed by atoms with Crippen LogP contribution in [0.25, 0.3) is 0 Å². The van der Waals surface area contributed by atoms with Crippen molar-refractivity contribution in [1.29, 1.82) is 0 Å². The summed E-state index contributed by atoms with van der Waals surface area (Å²) in [7, 11) is 0. The molecule has 2 unspecified atom stereocenters. The molecule has 2 heteroatoms. The summed E-state index contributed by atoms with van der Waals surface area (Å²) >= 11 is 0. The quantitative estimate of drug-likeness (QED) is 0.474. The zero-order valence-electron chi connectivity index (χ0n) is 9.64. The lowest BCUT2D eigenvalue weighted by atomic mass is 9.93. The van der Waals surface area contributed by atoms with Crippen molar-refractivity contribution in [3.05, 3.63) is 0 Å². The summed E-state index contributed by atoms with van der Waals surface area (Å²) < 4.78 is 0. The lowest BCUT2D eigenvalue weighted by Crippen LogP contribution is -2.37. The first-order chi connectivity index (χ1) is 6.10. The summed E-state index contributed by atoms with van der Waals surface area (Å²) in [5, 5.41) is 0. The third-order valence-electron chi connectivity index (χ3n) is 2.46. The van der Waals surface area contributed by atoms with Gasteiger partial charge in [-0.3, -0.25) is 11.3 Å². The Morgan fingerprint density at radius 3 is 2.15 bits per heavy atom. The van der Waals surface area contributed by atoms with Crippen LogP contribution in [0.3, 0.4) is 0 Å². The highest BCUT2D eigenvalue weighted by Crippen LogP contribution is 2.16. The van der Waals surface area contributed by atoms with Gasteiger partial charge in [0.05, 0.1) is 0 Å². The second kappa shape index (κ2) is 7.34. The van der Waals surface area contributed by atoms with E-state index in [2.05, 4.69) is 33.1 Å². The van der Waals surface area contributed by atoms with E-state index in [9.17, 15) is 0 Å². The molecule has 80 valence electrons. The molecule has 0 aromatic carbocycles. The van der Waals surface area contributed by atoms with Gasteiger partial charge in [-0.05, 0) is 24.7 Å². The number of nitrogens with one attached hydrogen (secondary N) is 1. The second-order valence-electron chi connectivity index (χ2n) is 4.62. The van der Waals surface area contributed by atoms with Gasteiger partial charge >= 0.3 is 0 Å². The Hall–Kier alpha value is -0.0800. The molecule has 0 bridgehead atoms. The summed E-state index contributed by atoms with van der Waals surface area (Å²) in [5.41, 5.74) is 2.92. The molecule has 3 N–H and O–H groups in total. The highest BCUT2D eigenvalue weighted by atomic mass is 15.2. The number of rotatable bonds is 7. The molecule has 13 heavy (non-hydrogen) atoms. The Labute approximate surface area is 83.2 Å². The molecule has 0 aliphatic rings. The summed E-state index contributed by atoms with van der Waals surface area (Å²) in [6.07, 6.45) is 4.99. The Morgan fingerprint density at radius 2 is 1.77 bits per heavy atom. The van der Waals surface area contributed by atoms with E-state index in [1.165, 1.54) is 25.7 Å². The monoisotopic (exact) mass is 186 g/mol. The van der Waals surface area contributed by atoms with Gasteiger partial charge in [0.15, 0.2) is 0 Å². The molecular weight excluding hydrogens is 160 g/mol. The first-order valence-electron chi connectivity index (χ1n) is 5.56. The zero-order chi connectivity index (χ0) is 10.3.